The topological polar surface area (TPSA) is 83.1 Å². The van der Waals surface area contributed by atoms with Gasteiger partial charge in [-0.15, -0.1) is 0 Å². The first kappa shape index (κ1) is 19.3. The Morgan fingerprint density at radius 3 is 2.78 bits per heavy atom. The van der Waals surface area contributed by atoms with Crippen LogP contribution in [0.5, 0.6) is 0 Å². The van der Waals surface area contributed by atoms with Crippen molar-refractivity contribution in [3.8, 4) is 11.3 Å². The number of carbonyl (C=O) groups is 2. The summed E-state index contributed by atoms with van der Waals surface area (Å²) >= 11 is 7.30. The maximum absolute atomic E-state index is 12.5. The zero-order valence-electron chi connectivity index (χ0n) is 14.7. The van der Waals surface area contributed by atoms with Crippen molar-refractivity contribution in [2.24, 2.45) is 4.99 Å². The zero-order valence-corrected chi connectivity index (χ0v) is 16.3. The summed E-state index contributed by atoms with van der Waals surface area (Å²) in [5.41, 5.74) is 0.474. The molecule has 1 saturated heterocycles. The monoisotopic (exact) mass is 404 g/mol. The van der Waals surface area contributed by atoms with Gasteiger partial charge in [0.1, 0.15) is 11.5 Å². The van der Waals surface area contributed by atoms with E-state index in [-0.39, 0.29) is 11.5 Å². The normalized spacial score (nSPS) is 17.3. The number of nitrogens with zero attached hydrogens (tertiary/aromatic N) is 2. The predicted octanol–water partition coefficient (Wildman–Crippen LogP) is 4.61. The third kappa shape index (κ3) is 3.94. The summed E-state index contributed by atoms with van der Waals surface area (Å²) in [5, 5.41) is 10.4. The van der Waals surface area contributed by atoms with Crippen LogP contribution >= 0.6 is 23.4 Å². The number of hydrogen-bond acceptors (Lipinski definition) is 5. The molecular formula is C19H17ClN2O4S. The van der Waals surface area contributed by atoms with E-state index in [1.165, 1.54) is 23.9 Å². The number of thioether (sulfide) groups is 1. The Bertz CT molecular complexity index is 964. The van der Waals surface area contributed by atoms with Crippen LogP contribution in [0, 0.1) is 0 Å². The average Bonchev–Trinajstić information content (AvgIpc) is 3.20. The summed E-state index contributed by atoms with van der Waals surface area (Å²) in [7, 11) is 0. The maximum Gasteiger partial charge on any atom is 0.336 e. The summed E-state index contributed by atoms with van der Waals surface area (Å²) < 4.78 is 5.77. The fourth-order valence-corrected chi connectivity index (χ4v) is 3.91. The molecule has 27 heavy (non-hydrogen) atoms. The molecule has 1 N–H and O–H groups in total. The lowest BCUT2D eigenvalue weighted by molar-refractivity contribution is -0.122. The van der Waals surface area contributed by atoms with Crippen molar-refractivity contribution in [1.29, 1.82) is 0 Å². The van der Waals surface area contributed by atoms with Crippen LogP contribution in [0.25, 0.3) is 17.4 Å². The summed E-state index contributed by atoms with van der Waals surface area (Å²) in [4.78, 5) is 30.4. The minimum absolute atomic E-state index is 0.0915. The highest BCUT2D eigenvalue weighted by molar-refractivity contribution is 8.18. The smallest absolute Gasteiger partial charge is 0.336 e. The molecule has 2 heterocycles. The summed E-state index contributed by atoms with van der Waals surface area (Å²) in [5.74, 6) is -0.377. The highest BCUT2D eigenvalue weighted by Gasteiger charge is 2.32. The Hall–Kier alpha value is -2.51. The first-order valence-electron chi connectivity index (χ1n) is 8.33. The molecule has 1 aromatic heterocycles. The number of carboxylic acids is 1. The van der Waals surface area contributed by atoms with E-state index in [9.17, 15) is 14.7 Å². The molecule has 3 rings (SSSR count). The van der Waals surface area contributed by atoms with Crippen LogP contribution in [-0.4, -0.2) is 40.1 Å². The summed E-state index contributed by atoms with van der Waals surface area (Å²) in [6.07, 6.45) is 1.64. The first-order valence-corrected chi connectivity index (χ1v) is 9.53. The number of carbonyl (C=O) groups excluding carboxylic acids is 1. The van der Waals surface area contributed by atoms with Crippen LogP contribution < -0.4 is 0 Å². The van der Waals surface area contributed by atoms with E-state index in [1.54, 1.807) is 29.2 Å². The number of amides is 1. The lowest BCUT2D eigenvalue weighted by atomic mass is 10.1. The van der Waals surface area contributed by atoms with Gasteiger partial charge in [-0.25, -0.2) is 4.79 Å². The number of furan rings is 1. The lowest BCUT2D eigenvalue weighted by Gasteiger charge is -2.11. The quantitative estimate of drug-likeness (QED) is 0.735. The fraction of sp³-hybridized carbons (Fsp3) is 0.211. The van der Waals surface area contributed by atoms with E-state index in [2.05, 4.69) is 4.99 Å². The van der Waals surface area contributed by atoms with Gasteiger partial charge >= 0.3 is 5.97 Å². The Morgan fingerprint density at radius 1 is 1.33 bits per heavy atom. The number of amidine groups is 1. The summed E-state index contributed by atoms with van der Waals surface area (Å²) in [6, 6.07) is 7.84. The number of likely N-dealkylation sites (N-methyl/N-ethyl adjacent to an activating group) is 1. The van der Waals surface area contributed by atoms with Crippen molar-refractivity contribution in [2.75, 3.05) is 13.1 Å². The lowest BCUT2D eigenvalue weighted by Crippen LogP contribution is -2.28. The van der Waals surface area contributed by atoms with E-state index < -0.39 is 5.97 Å². The van der Waals surface area contributed by atoms with E-state index in [0.717, 1.165) is 0 Å². The van der Waals surface area contributed by atoms with E-state index in [4.69, 9.17) is 16.0 Å². The van der Waals surface area contributed by atoms with Crippen LogP contribution in [0.3, 0.4) is 0 Å². The second-order valence-electron chi connectivity index (χ2n) is 5.61. The Morgan fingerprint density at radius 2 is 2.11 bits per heavy atom. The molecule has 1 amide bonds. The van der Waals surface area contributed by atoms with Crippen LogP contribution in [-0.2, 0) is 4.79 Å². The molecule has 1 aliphatic rings. The molecule has 0 saturated carbocycles. The van der Waals surface area contributed by atoms with Gasteiger partial charge in [0.25, 0.3) is 5.91 Å². The van der Waals surface area contributed by atoms with Gasteiger partial charge < -0.3 is 9.52 Å². The molecule has 6 nitrogen and oxygen atoms in total. The molecule has 2 aromatic rings. The van der Waals surface area contributed by atoms with Crippen LogP contribution in [0.15, 0.2) is 44.6 Å². The van der Waals surface area contributed by atoms with Crippen molar-refractivity contribution in [1.82, 2.24) is 4.90 Å². The molecule has 0 spiro atoms. The standard InChI is InChI=1S/C19H17ClN2O4S/c1-3-21-19-22(4-2)17(23)16(27-19)10-12-6-8-15(26-12)14-9-11(20)5-7-13(14)18(24)25/h5-10H,3-4H2,1-2H3,(H,24,25). The second kappa shape index (κ2) is 8.02. The Balaban J connectivity index is 1.95. The first-order chi connectivity index (χ1) is 12.9. The van der Waals surface area contributed by atoms with Crippen LogP contribution in [0.2, 0.25) is 5.02 Å². The Labute approximate surface area is 165 Å². The van der Waals surface area contributed by atoms with E-state index in [1.807, 2.05) is 13.8 Å². The van der Waals surface area contributed by atoms with Gasteiger partial charge in [0.15, 0.2) is 5.17 Å². The van der Waals surface area contributed by atoms with Gasteiger partial charge in [-0.2, -0.15) is 0 Å². The largest absolute Gasteiger partial charge is 0.478 e. The van der Waals surface area contributed by atoms with Gasteiger partial charge in [-0.3, -0.25) is 14.7 Å². The number of hydrogen-bond donors (Lipinski definition) is 1. The van der Waals surface area contributed by atoms with Crippen molar-refractivity contribution >= 4 is 46.5 Å². The van der Waals surface area contributed by atoms with E-state index in [0.29, 0.717) is 45.3 Å². The average molecular weight is 405 g/mol. The molecule has 1 aliphatic heterocycles. The van der Waals surface area contributed by atoms with Gasteiger partial charge in [-0.1, -0.05) is 11.6 Å². The molecule has 1 fully saturated rings. The van der Waals surface area contributed by atoms with E-state index >= 15 is 0 Å². The molecule has 8 heteroatoms. The van der Waals surface area contributed by atoms with Crippen molar-refractivity contribution in [3.63, 3.8) is 0 Å². The third-order valence-electron chi connectivity index (χ3n) is 3.88. The van der Waals surface area contributed by atoms with Gasteiger partial charge in [0, 0.05) is 29.8 Å². The molecule has 0 radical (unpaired) electrons. The predicted molar refractivity (Wildman–Crippen MR) is 107 cm³/mol. The molecule has 140 valence electrons. The minimum Gasteiger partial charge on any atom is -0.478 e. The highest BCUT2D eigenvalue weighted by atomic mass is 35.5. The highest BCUT2D eigenvalue weighted by Crippen LogP contribution is 2.34. The third-order valence-corrected chi connectivity index (χ3v) is 5.15. The fourth-order valence-electron chi connectivity index (χ4n) is 2.65. The second-order valence-corrected chi connectivity index (χ2v) is 7.06. The SMILES string of the molecule is CCN=C1SC(=Cc2ccc(-c3cc(Cl)ccc3C(=O)O)o2)C(=O)N1CC. The number of benzene rings is 1. The molecule has 0 aliphatic carbocycles. The van der Waals surface area contributed by atoms with Crippen molar-refractivity contribution in [2.45, 2.75) is 13.8 Å². The Kier molecular flexibility index (Phi) is 5.72. The summed E-state index contributed by atoms with van der Waals surface area (Å²) in [6.45, 7) is 4.94. The number of carboxylic acid groups (broad SMARTS) is 1. The van der Waals surface area contributed by atoms with Gasteiger partial charge in [0.05, 0.1) is 10.5 Å². The van der Waals surface area contributed by atoms with Crippen LogP contribution in [0.4, 0.5) is 0 Å². The minimum atomic E-state index is -1.07. The molecule has 0 bridgehead atoms. The zero-order chi connectivity index (χ0) is 19.6. The number of aromatic carboxylic acids is 1. The van der Waals surface area contributed by atoms with Crippen molar-refractivity contribution < 1.29 is 19.1 Å². The molecule has 0 unspecified atom stereocenters. The molecule has 0 atom stereocenters. The van der Waals surface area contributed by atoms with Gasteiger partial charge in [-0.05, 0) is 55.9 Å². The number of aliphatic imine (C=N–C) groups is 1. The maximum atomic E-state index is 12.5. The number of halogens is 1. The van der Waals surface area contributed by atoms with Crippen molar-refractivity contribution in [3.05, 3.63) is 51.6 Å². The van der Waals surface area contributed by atoms with Crippen LogP contribution in [0.1, 0.15) is 30.0 Å². The molecule has 1 aromatic carbocycles. The van der Waals surface area contributed by atoms with Gasteiger partial charge in [0.2, 0.25) is 0 Å². The molecular weight excluding hydrogens is 388 g/mol. The number of rotatable bonds is 5.